The number of allylic oxidation sites excluding steroid dienone is 2. The van der Waals surface area contributed by atoms with E-state index in [1.807, 2.05) is 13.8 Å². The zero-order valence-electron chi connectivity index (χ0n) is 9.21. The molecule has 0 unspecified atom stereocenters. The van der Waals surface area contributed by atoms with Crippen molar-refractivity contribution >= 4 is 5.97 Å². The number of carbonyl (C=O) groups is 1. The van der Waals surface area contributed by atoms with Crippen LogP contribution in [-0.4, -0.2) is 5.97 Å². The molecule has 0 aliphatic heterocycles. The van der Waals surface area contributed by atoms with Crippen LogP contribution in [0.4, 0.5) is 0 Å². The summed E-state index contributed by atoms with van der Waals surface area (Å²) in [4.78, 5) is 11.3. The number of rotatable bonds is 2. The van der Waals surface area contributed by atoms with E-state index in [2.05, 4.69) is 6.08 Å². The minimum absolute atomic E-state index is 0.0265. The minimum atomic E-state index is -0.100. The molecule has 0 heterocycles. The van der Waals surface area contributed by atoms with Crippen molar-refractivity contribution < 1.29 is 9.53 Å². The Labute approximate surface area is 86.3 Å². The molecule has 0 aromatic rings. The molecule has 1 aliphatic rings. The summed E-state index contributed by atoms with van der Waals surface area (Å²) in [6.45, 7) is 3.73. The number of esters is 1. The standard InChI is InChI=1S/C12H20O2/c1-10(2)12(13)14-11-8-6-4-3-5-7-9-11/h8,10H,3-7,9H2,1-2H3. The zero-order chi connectivity index (χ0) is 10.4. The Morgan fingerprint density at radius 3 is 2.71 bits per heavy atom. The number of hydrogen-bond donors (Lipinski definition) is 0. The first kappa shape index (κ1) is 11.3. The summed E-state index contributed by atoms with van der Waals surface area (Å²) in [5, 5.41) is 0. The van der Waals surface area contributed by atoms with Gasteiger partial charge in [0, 0.05) is 6.42 Å². The summed E-state index contributed by atoms with van der Waals surface area (Å²) < 4.78 is 5.31. The Morgan fingerprint density at radius 1 is 1.29 bits per heavy atom. The van der Waals surface area contributed by atoms with Gasteiger partial charge >= 0.3 is 5.97 Å². The first-order valence-corrected chi connectivity index (χ1v) is 5.61. The molecule has 1 aliphatic carbocycles. The highest BCUT2D eigenvalue weighted by atomic mass is 16.5. The van der Waals surface area contributed by atoms with Crippen LogP contribution < -0.4 is 0 Å². The molecule has 80 valence electrons. The fraction of sp³-hybridized carbons (Fsp3) is 0.750. The van der Waals surface area contributed by atoms with E-state index in [-0.39, 0.29) is 11.9 Å². The van der Waals surface area contributed by atoms with Gasteiger partial charge in [0.15, 0.2) is 0 Å². The second kappa shape index (κ2) is 5.84. The van der Waals surface area contributed by atoms with Crippen LogP contribution in [-0.2, 0) is 9.53 Å². The largest absolute Gasteiger partial charge is 0.431 e. The molecular formula is C12H20O2. The Morgan fingerprint density at radius 2 is 2.00 bits per heavy atom. The Kier molecular flexibility index (Phi) is 4.71. The summed E-state index contributed by atoms with van der Waals surface area (Å²) in [6, 6.07) is 0. The van der Waals surface area contributed by atoms with Crippen LogP contribution in [0.25, 0.3) is 0 Å². The first-order valence-electron chi connectivity index (χ1n) is 5.61. The van der Waals surface area contributed by atoms with E-state index in [0.29, 0.717) is 0 Å². The van der Waals surface area contributed by atoms with E-state index in [0.717, 1.165) is 25.0 Å². The smallest absolute Gasteiger partial charge is 0.313 e. The molecule has 0 amide bonds. The van der Waals surface area contributed by atoms with Crippen molar-refractivity contribution in [3.05, 3.63) is 11.8 Å². The summed E-state index contributed by atoms with van der Waals surface area (Å²) >= 11 is 0. The molecule has 0 bridgehead atoms. The number of carbonyl (C=O) groups excluding carboxylic acids is 1. The van der Waals surface area contributed by atoms with Crippen molar-refractivity contribution in [1.29, 1.82) is 0 Å². The summed E-state index contributed by atoms with van der Waals surface area (Å²) in [5.74, 6) is 0.765. The van der Waals surface area contributed by atoms with Crippen LogP contribution >= 0.6 is 0 Å². The lowest BCUT2D eigenvalue weighted by Crippen LogP contribution is -2.11. The predicted molar refractivity (Wildman–Crippen MR) is 56.7 cm³/mol. The van der Waals surface area contributed by atoms with Crippen LogP contribution in [0.2, 0.25) is 0 Å². The van der Waals surface area contributed by atoms with Crippen molar-refractivity contribution in [2.24, 2.45) is 5.92 Å². The summed E-state index contributed by atoms with van der Waals surface area (Å²) in [6.07, 6.45) is 9.01. The maximum Gasteiger partial charge on any atom is 0.313 e. The van der Waals surface area contributed by atoms with Crippen LogP contribution in [0.1, 0.15) is 52.4 Å². The molecule has 0 saturated carbocycles. The zero-order valence-corrected chi connectivity index (χ0v) is 9.21. The van der Waals surface area contributed by atoms with Gasteiger partial charge in [-0.1, -0.05) is 26.7 Å². The molecule has 0 saturated heterocycles. The molecule has 1 rings (SSSR count). The third-order valence-electron chi connectivity index (χ3n) is 2.45. The second-order valence-corrected chi connectivity index (χ2v) is 4.20. The van der Waals surface area contributed by atoms with Crippen LogP contribution in [0.3, 0.4) is 0 Å². The average molecular weight is 196 g/mol. The normalized spacial score (nSPS) is 18.4. The van der Waals surface area contributed by atoms with Gasteiger partial charge in [-0.15, -0.1) is 0 Å². The van der Waals surface area contributed by atoms with Gasteiger partial charge < -0.3 is 4.74 Å². The van der Waals surface area contributed by atoms with E-state index in [9.17, 15) is 4.79 Å². The molecule has 0 spiro atoms. The lowest BCUT2D eigenvalue weighted by Gasteiger charge is -2.12. The highest BCUT2D eigenvalue weighted by Crippen LogP contribution is 2.18. The molecule has 0 aromatic carbocycles. The highest BCUT2D eigenvalue weighted by molar-refractivity contribution is 5.72. The Balaban J connectivity index is 2.44. The van der Waals surface area contributed by atoms with Crippen LogP contribution in [0, 0.1) is 5.92 Å². The van der Waals surface area contributed by atoms with Crippen LogP contribution in [0.5, 0.6) is 0 Å². The molecule has 0 fully saturated rings. The quantitative estimate of drug-likeness (QED) is 0.632. The summed E-state index contributed by atoms with van der Waals surface area (Å²) in [5.41, 5.74) is 0. The topological polar surface area (TPSA) is 26.3 Å². The van der Waals surface area contributed by atoms with Gasteiger partial charge in [-0.3, -0.25) is 4.79 Å². The average Bonchev–Trinajstić information content (AvgIpc) is 2.08. The van der Waals surface area contributed by atoms with Gasteiger partial charge in [-0.05, 0) is 25.3 Å². The first-order chi connectivity index (χ1) is 6.70. The second-order valence-electron chi connectivity index (χ2n) is 4.20. The molecule has 2 nitrogen and oxygen atoms in total. The molecule has 0 aromatic heterocycles. The van der Waals surface area contributed by atoms with E-state index in [1.165, 1.54) is 19.3 Å². The molecule has 0 atom stereocenters. The minimum Gasteiger partial charge on any atom is -0.431 e. The fourth-order valence-corrected chi connectivity index (χ4v) is 1.50. The molecule has 2 heteroatoms. The van der Waals surface area contributed by atoms with Gasteiger partial charge in [0.25, 0.3) is 0 Å². The maximum atomic E-state index is 11.3. The summed E-state index contributed by atoms with van der Waals surface area (Å²) in [7, 11) is 0. The van der Waals surface area contributed by atoms with Crippen LogP contribution in [0.15, 0.2) is 11.8 Å². The number of ether oxygens (including phenoxy) is 1. The van der Waals surface area contributed by atoms with E-state index in [1.54, 1.807) is 0 Å². The molecule has 14 heavy (non-hydrogen) atoms. The monoisotopic (exact) mass is 196 g/mol. The van der Waals surface area contributed by atoms with Crippen molar-refractivity contribution in [3.8, 4) is 0 Å². The van der Waals surface area contributed by atoms with Crippen molar-refractivity contribution in [2.45, 2.75) is 52.4 Å². The van der Waals surface area contributed by atoms with Crippen molar-refractivity contribution in [2.75, 3.05) is 0 Å². The van der Waals surface area contributed by atoms with Gasteiger partial charge in [0.05, 0.1) is 5.92 Å². The fourth-order valence-electron chi connectivity index (χ4n) is 1.50. The van der Waals surface area contributed by atoms with Gasteiger partial charge in [0.2, 0.25) is 0 Å². The Hall–Kier alpha value is -0.790. The SMILES string of the molecule is CC(C)C(=O)OC1=CCCCCCC1. The lowest BCUT2D eigenvalue weighted by atomic mass is 10.1. The molecular weight excluding hydrogens is 176 g/mol. The van der Waals surface area contributed by atoms with Gasteiger partial charge in [0.1, 0.15) is 5.76 Å². The third-order valence-corrected chi connectivity index (χ3v) is 2.45. The van der Waals surface area contributed by atoms with E-state index < -0.39 is 0 Å². The van der Waals surface area contributed by atoms with Gasteiger partial charge in [-0.2, -0.15) is 0 Å². The highest BCUT2D eigenvalue weighted by Gasteiger charge is 2.11. The van der Waals surface area contributed by atoms with Gasteiger partial charge in [-0.25, -0.2) is 0 Å². The van der Waals surface area contributed by atoms with Crippen molar-refractivity contribution in [1.82, 2.24) is 0 Å². The van der Waals surface area contributed by atoms with E-state index in [4.69, 9.17) is 4.74 Å². The third kappa shape index (κ3) is 3.95. The van der Waals surface area contributed by atoms with Crippen molar-refractivity contribution in [3.63, 3.8) is 0 Å². The molecule has 0 N–H and O–H groups in total. The number of hydrogen-bond acceptors (Lipinski definition) is 2. The predicted octanol–water partition coefficient (Wildman–Crippen LogP) is 3.42. The lowest BCUT2D eigenvalue weighted by molar-refractivity contribution is -0.143. The van der Waals surface area contributed by atoms with E-state index >= 15 is 0 Å². The Bertz CT molecular complexity index is 216. The maximum absolute atomic E-state index is 11.3. The molecule has 0 radical (unpaired) electrons.